The molecule has 0 unspecified atom stereocenters. The van der Waals surface area contributed by atoms with Crippen molar-refractivity contribution in [1.82, 2.24) is 4.98 Å². The standard InChI is InChI=1S/C8H6BrNO2/c9-7-2-10-1-5-6(7)3-12-4-8(5)11/h1-2H,3-4H2. The SMILES string of the molecule is O=C1COCc2c(Br)cncc21. The summed E-state index contributed by atoms with van der Waals surface area (Å²) in [5.41, 5.74) is 1.58. The second kappa shape index (κ2) is 2.95. The van der Waals surface area contributed by atoms with Crippen molar-refractivity contribution in [2.24, 2.45) is 0 Å². The fraction of sp³-hybridized carbons (Fsp3) is 0.250. The number of pyridine rings is 1. The zero-order valence-corrected chi connectivity index (χ0v) is 7.80. The van der Waals surface area contributed by atoms with E-state index >= 15 is 0 Å². The van der Waals surface area contributed by atoms with E-state index in [1.807, 2.05) is 0 Å². The van der Waals surface area contributed by atoms with Crippen LogP contribution in [0.1, 0.15) is 15.9 Å². The molecular weight excluding hydrogens is 222 g/mol. The summed E-state index contributed by atoms with van der Waals surface area (Å²) in [5, 5.41) is 0. The molecule has 1 aromatic rings. The Balaban J connectivity index is 2.59. The second-order valence-electron chi connectivity index (χ2n) is 2.56. The maximum Gasteiger partial charge on any atom is 0.190 e. The number of rotatable bonds is 0. The highest BCUT2D eigenvalue weighted by atomic mass is 79.9. The third kappa shape index (κ3) is 1.17. The molecule has 62 valence electrons. The molecule has 0 atom stereocenters. The maximum absolute atomic E-state index is 11.3. The van der Waals surface area contributed by atoms with Gasteiger partial charge in [0.05, 0.1) is 6.61 Å². The summed E-state index contributed by atoms with van der Waals surface area (Å²) in [7, 11) is 0. The fourth-order valence-corrected chi connectivity index (χ4v) is 1.62. The highest BCUT2D eigenvalue weighted by Gasteiger charge is 2.19. The molecule has 12 heavy (non-hydrogen) atoms. The molecule has 1 aromatic heterocycles. The van der Waals surface area contributed by atoms with Crippen molar-refractivity contribution in [3.63, 3.8) is 0 Å². The summed E-state index contributed by atoms with van der Waals surface area (Å²) in [6, 6.07) is 0. The van der Waals surface area contributed by atoms with Crippen molar-refractivity contribution >= 4 is 21.7 Å². The number of hydrogen-bond acceptors (Lipinski definition) is 3. The van der Waals surface area contributed by atoms with E-state index < -0.39 is 0 Å². The van der Waals surface area contributed by atoms with Crippen molar-refractivity contribution in [3.8, 4) is 0 Å². The highest BCUT2D eigenvalue weighted by Crippen LogP contribution is 2.23. The van der Waals surface area contributed by atoms with E-state index in [1.165, 1.54) is 0 Å². The van der Waals surface area contributed by atoms with Gasteiger partial charge in [0.15, 0.2) is 5.78 Å². The molecule has 1 aliphatic heterocycles. The largest absolute Gasteiger partial charge is 0.369 e. The Hall–Kier alpha value is -0.740. The predicted octanol–water partition coefficient (Wildman–Crippen LogP) is 1.56. The molecule has 0 saturated carbocycles. The van der Waals surface area contributed by atoms with Crippen LogP contribution in [0.15, 0.2) is 16.9 Å². The van der Waals surface area contributed by atoms with Crippen LogP contribution in [0.4, 0.5) is 0 Å². The minimum absolute atomic E-state index is 0.00468. The summed E-state index contributed by atoms with van der Waals surface area (Å²) in [6.07, 6.45) is 3.26. The quantitative estimate of drug-likeness (QED) is 0.676. The fourth-order valence-electron chi connectivity index (χ4n) is 1.17. The first-order valence-electron chi connectivity index (χ1n) is 3.52. The van der Waals surface area contributed by atoms with E-state index in [4.69, 9.17) is 4.74 Å². The number of aromatic nitrogens is 1. The maximum atomic E-state index is 11.3. The van der Waals surface area contributed by atoms with Crippen LogP contribution in [0.3, 0.4) is 0 Å². The molecule has 0 spiro atoms. The summed E-state index contributed by atoms with van der Waals surface area (Å²) in [6.45, 7) is 0.662. The first-order chi connectivity index (χ1) is 5.79. The van der Waals surface area contributed by atoms with E-state index in [1.54, 1.807) is 12.4 Å². The molecule has 0 radical (unpaired) electrons. The number of nitrogens with zero attached hydrogens (tertiary/aromatic N) is 1. The predicted molar refractivity (Wildman–Crippen MR) is 45.9 cm³/mol. The van der Waals surface area contributed by atoms with Gasteiger partial charge in [0.1, 0.15) is 6.61 Å². The lowest BCUT2D eigenvalue weighted by atomic mass is 10.1. The van der Waals surface area contributed by atoms with Crippen LogP contribution in [0.2, 0.25) is 0 Å². The van der Waals surface area contributed by atoms with Crippen LogP contribution < -0.4 is 0 Å². The van der Waals surface area contributed by atoms with Crippen molar-refractivity contribution < 1.29 is 9.53 Å². The molecule has 2 heterocycles. The number of fused-ring (bicyclic) bond motifs is 1. The Morgan fingerprint density at radius 1 is 1.42 bits per heavy atom. The van der Waals surface area contributed by atoms with Gasteiger partial charge in [0.2, 0.25) is 0 Å². The average Bonchev–Trinajstić information content (AvgIpc) is 2.07. The van der Waals surface area contributed by atoms with Gasteiger partial charge in [-0.05, 0) is 15.9 Å². The first kappa shape index (κ1) is 7.89. The summed E-state index contributed by atoms with van der Waals surface area (Å²) in [5.74, 6) is 0.00468. The second-order valence-corrected chi connectivity index (χ2v) is 3.42. The normalized spacial score (nSPS) is 15.9. The molecule has 0 amide bonds. The topological polar surface area (TPSA) is 39.2 Å². The number of halogens is 1. The third-order valence-electron chi connectivity index (χ3n) is 1.78. The monoisotopic (exact) mass is 227 g/mol. The summed E-state index contributed by atoms with van der Waals surface area (Å²) in [4.78, 5) is 15.2. The summed E-state index contributed by atoms with van der Waals surface area (Å²) >= 11 is 3.31. The van der Waals surface area contributed by atoms with Crippen LogP contribution in [0, 0.1) is 0 Å². The number of hydrogen-bond donors (Lipinski definition) is 0. The lowest BCUT2D eigenvalue weighted by Gasteiger charge is -2.15. The highest BCUT2D eigenvalue weighted by molar-refractivity contribution is 9.10. The summed E-state index contributed by atoms with van der Waals surface area (Å²) < 4.78 is 5.92. The Kier molecular flexibility index (Phi) is 1.94. The Labute approximate surface area is 77.9 Å². The zero-order valence-electron chi connectivity index (χ0n) is 6.21. The zero-order chi connectivity index (χ0) is 8.55. The van der Waals surface area contributed by atoms with Gasteiger partial charge < -0.3 is 4.74 Å². The Morgan fingerprint density at radius 3 is 3.00 bits per heavy atom. The Morgan fingerprint density at radius 2 is 2.25 bits per heavy atom. The van der Waals surface area contributed by atoms with Crippen molar-refractivity contribution in [1.29, 1.82) is 0 Å². The van der Waals surface area contributed by atoms with Gasteiger partial charge in [0, 0.05) is 28.0 Å². The van der Waals surface area contributed by atoms with E-state index in [-0.39, 0.29) is 12.4 Å². The van der Waals surface area contributed by atoms with Gasteiger partial charge in [0.25, 0.3) is 0 Å². The lowest BCUT2D eigenvalue weighted by molar-refractivity contribution is 0.0663. The Bertz CT molecular complexity index is 338. The molecule has 0 aromatic carbocycles. The van der Waals surface area contributed by atoms with E-state index in [2.05, 4.69) is 20.9 Å². The van der Waals surface area contributed by atoms with Gasteiger partial charge in [-0.15, -0.1) is 0 Å². The molecule has 0 N–H and O–H groups in total. The van der Waals surface area contributed by atoms with Crippen molar-refractivity contribution in [3.05, 3.63) is 28.0 Å². The number of carbonyl (C=O) groups excluding carboxylic acids is 1. The number of Topliss-reactive ketones (excluding diaryl/α,β-unsaturated/α-hetero) is 1. The van der Waals surface area contributed by atoms with Gasteiger partial charge in [-0.3, -0.25) is 9.78 Å². The van der Waals surface area contributed by atoms with Crippen LogP contribution in [-0.4, -0.2) is 17.4 Å². The first-order valence-corrected chi connectivity index (χ1v) is 4.31. The molecular formula is C8H6BrNO2. The molecule has 0 bridgehead atoms. The van der Waals surface area contributed by atoms with Gasteiger partial charge in [-0.2, -0.15) is 0 Å². The van der Waals surface area contributed by atoms with Gasteiger partial charge in [-0.25, -0.2) is 0 Å². The van der Waals surface area contributed by atoms with Crippen LogP contribution in [0.5, 0.6) is 0 Å². The van der Waals surface area contributed by atoms with Gasteiger partial charge in [-0.1, -0.05) is 0 Å². The van der Waals surface area contributed by atoms with E-state index in [9.17, 15) is 4.79 Å². The molecule has 0 fully saturated rings. The third-order valence-corrected chi connectivity index (χ3v) is 2.47. The van der Waals surface area contributed by atoms with Crippen molar-refractivity contribution in [2.75, 3.05) is 6.61 Å². The number of ketones is 1. The number of ether oxygens (including phenoxy) is 1. The van der Waals surface area contributed by atoms with E-state index in [0.717, 1.165) is 10.0 Å². The molecule has 2 rings (SSSR count). The average molecular weight is 228 g/mol. The number of carbonyl (C=O) groups is 1. The minimum atomic E-state index is 0.00468. The minimum Gasteiger partial charge on any atom is -0.369 e. The molecule has 1 aliphatic rings. The van der Waals surface area contributed by atoms with Gasteiger partial charge >= 0.3 is 0 Å². The van der Waals surface area contributed by atoms with Crippen LogP contribution >= 0.6 is 15.9 Å². The molecule has 4 heteroatoms. The van der Waals surface area contributed by atoms with Crippen LogP contribution in [0.25, 0.3) is 0 Å². The molecule has 0 saturated heterocycles. The molecule has 3 nitrogen and oxygen atoms in total. The van der Waals surface area contributed by atoms with Crippen LogP contribution in [-0.2, 0) is 11.3 Å². The van der Waals surface area contributed by atoms with Crippen molar-refractivity contribution in [2.45, 2.75) is 6.61 Å². The smallest absolute Gasteiger partial charge is 0.190 e. The molecule has 0 aliphatic carbocycles. The van der Waals surface area contributed by atoms with E-state index in [0.29, 0.717) is 12.2 Å². The lowest BCUT2D eigenvalue weighted by Crippen LogP contribution is -2.18.